The van der Waals surface area contributed by atoms with Crippen molar-refractivity contribution in [1.82, 2.24) is 4.57 Å². The van der Waals surface area contributed by atoms with Gasteiger partial charge < -0.3 is 4.57 Å². The number of fused-ring (bicyclic) bond motifs is 3. The average Bonchev–Trinajstić information content (AvgIpc) is 3.49. The first kappa shape index (κ1) is 29.0. The van der Waals surface area contributed by atoms with Crippen molar-refractivity contribution in [2.45, 2.75) is 0 Å². The zero-order valence-corrected chi connectivity index (χ0v) is 27.1. The summed E-state index contributed by atoms with van der Waals surface area (Å²) in [4.78, 5) is 0. The van der Waals surface area contributed by atoms with Gasteiger partial charge in [-0.1, -0.05) is 146 Å². The summed E-state index contributed by atoms with van der Waals surface area (Å²) < 4.78 is 2.16. The van der Waals surface area contributed by atoms with Crippen LogP contribution < -0.4 is 20.7 Å². The molecule has 0 aliphatic rings. The minimum atomic E-state index is -2.75. The summed E-state index contributed by atoms with van der Waals surface area (Å²) in [6.07, 6.45) is 0. The summed E-state index contributed by atoms with van der Waals surface area (Å²) in [5, 5.41) is 27.7. The molecule has 0 aliphatic heterocycles. The highest BCUT2D eigenvalue weighted by atomic mass is 28.3. The number of aromatic nitrogens is 1. The normalized spacial score (nSPS) is 11.3. The number of para-hydroxylation sites is 1. The topological polar surface area (TPSA) is 52.5 Å². The molecular weight excluding hydrogens is 599 g/mol. The minimum Gasteiger partial charge on any atom is -0.308 e. The number of benzene rings is 7. The Morgan fingerprint density at radius 2 is 1.00 bits per heavy atom. The first-order valence-electron chi connectivity index (χ1n) is 16.0. The number of rotatable bonds is 6. The van der Waals surface area contributed by atoms with E-state index in [0.29, 0.717) is 11.1 Å². The van der Waals surface area contributed by atoms with Gasteiger partial charge in [-0.2, -0.15) is 10.5 Å². The van der Waals surface area contributed by atoms with E-state index in [9.17, 15) is 10.5 Å². The summed E-state index contributed by atoms with van der Waals surface area (Å²) >= 11 is 0. The third-order valence-corrected chi connectivity index (χ3v) is 14.2. The second-order valence-corrected chi connectivity index (χ2v) is 15.7. The molecule has 0 spiro atoms. The standard InChI is InChI=1S/C44H29N3Si/c45-30-32-26-27-44-40(28-32)39-22-10-11-24-42(39)47(44)43-25-13-23-38(41(43)31-46)33-14-12-21-37(29-33)48(34-15-4-1-5-16-34,35-17-6-2-7-18-35)36-19-8-3-9-20-36/h1-29H. The molecule has 1 aromatic heterocycles. The highest BCUT2D eigenvalue weighted by molar-refractivity contribution is 7.19. The summed E-state index contributed by atoms with van der Waals surface area (Å²) in [5.41, 5.74) is 5.86. The average molecular weight is 628 g/mol. The van der Waals surface area contributed by atoms with Gasteiger partial charge in [-0.3, -0.25) is 0 Å². The molecule has 0 aliphatic carbocycles. The Hall–Kier alpha value is -6.46. The molecule has 48 heavy (non-hydrogen) atoms. The van der Waals surface area contributed by atoms with Crippen molar-refractivity contribution in [3.63, 3.8) is 0 Å². The smallest absolute Gasteiger partial charge is 0.179 e. The monoisotopic (exact) mass is 627 g/mol. The Morgan fingerprint density at radius 1 is 0.438 bits per heavy atom. The fourth-order valence-corrected chi connectivity index (χ4v) is 12.2. The maximum Gasteiger partial charge on any atom is 0.179 e. The van der Waals surface area contributed by atoms with Gasteiger partial charge >= 0.3 is 0 Å². The van der Waals surface area contributed by atoms with Crippen LogP contribution in [0.4, 0.5) is 0 Å². The van der Waals surface area contributed by atoms with Crippen molar-refractivity contribution in [3.8, 4) is 29.0 Å². The van der Waals surface area contributed by atoms with Crippen LogP contribution in [0.1, 0.15) is 11.1 Å². The highest BCUT2D eigenvalue weighted by Gasteiger charge is 2.41. The van der Waals surface area contributed by atoms with Gasteiger partial charge in [0.2, 0.25) is 0 Å². The van der Waals surface area contributed by atoms with Crippen molar-refractivity contribution in [1.29, 1.82) is 10.5 Å². The van der Waals surface area contributed by atoms with Crippen LogP contribution in [0.2, 0.25) is 0 Å². The van der Waals surface area contributed by atoms with Crippen LogP contribution in [0.15, 0.2) is 176 Å². The van der Waals surface area contributed by atoms with Crippen LogP contribution >= 0.6 is 0 Å². The fourth-order valence-electron chi connectivity index (χ4n) is 7.37. The van der Waals surface area contributed by atoms with Gasteiger partial charge in [0.15, 0.2) is 8.07 Å². The Morgan fingerprint density at radius 3 is 1.62 bits per heavy atom. The Kier molecular flexibility index (Phi) is 7.27. The lowest BCUT2D eigenvalue weighted by Crippen LogP contribution is -2.74. The molecule has 224 valence electrons. The van der Waals surface area contributed by atoms with Crippen molar-refractivity contribution < 1.29 is 0 Å². The molecule has 0 saturated carbocycles. The molecule has 0 atom stereocenters. The van der Waals surface area contributed by atoms with E-state index in [-0.39, 0.29) is 0 Å². The fraction of sp³-hybridized carbons (Fsp3) is 0. The summed E-state index contributed by atoms with van der Waals surface area (Å²) in [5.74, 6) is 0. The molecule has 0 unspecified atom stereocenters. The van der Waals surface area contributed by atoms with Gasteiger partial charge in [0.05, 0.1) is 33.9 Å². The second kappa shape index (κ2) is 12.0. The van der Waals surface area contributed by atoms with E-state index < -0.39 is 8.07 Å². The lowest BCUT2D eigenvalue weighted by molar-refractivity contribution is 1.17. The van der Waals surface area contributed by atoms with Crippen molar-refractivity contribution in [3.05, 3.63) is 187 Å². The van der Waals surface area contributed by atoms with Gasteiger partial charge in [0.25, 0.3) is 0 Å². The maximum atomic E-state index is 10.9. The molecule has 0 N–H and O–H groups in total. The van der Waals surface area contributed by atoms with Crippen LogP contribution in [0.3, 0.4) is 0 Å². The Balaban J connectivity index is 1.39. The van der Waals surface area contributed by atoms with Gasteiger partial charge in [-0.25, -0.2) is 0 Å². The third kappa shape index (κ3) is 4.55. The van der Waals surface area contributed by atoms with Crippen LogP contribution in [-0.2, 0) is 0 Å². The quantitative estimate of drug-likeness (QED) is 0.141. The third-order valence-electron chi connectivity index (χ3n) is 9.42. The summed E-state index contributed by atoms with van der Waals surface area (Å²) in [7, 11) is -2.75. The molecule has 0 radical (unpaired) electrons. The molecule has 3 nitrogen and oxygen atoms in total. The van der Waals surface area contributed by atoms with E-state index in [1.807, 2.05) is 42.5 Å². The zero-order valence-electron chi connectivity index (χ0n) is 26.1. The largest absolute Gasteiger partial charge is 0.308 e. The molecule has 0 amide bonds. The SMILES string of the molecule is N#Cc1ccc2c(c1)c1ccccc1n2-c1cccc(-c2cccc([Si](c3ccccc3)(c3ccccc3)c3ccccc3)c2)c1C#N. The molecule has 0 fully saturated rings. The van der Waals surface area contributed by atoms with Crippen molar-refractivity contribution in [2.24, 2.45) is 0 Å². The van der Waals surface area contributed by atoms with Crippen molar-refractivity contribution in [2.75, 3.05) is 0 Å². The lowest BCUT2D eigenvalue weighted by atomic mass is 9.98. The van der Waals surface area contributed by atoms with Crippen LogP contribution in [0.25, 0.3) is 38.6 Å². The number of hydrogen-bond donors (Lipinski definition) is 0. The number of nitriles is 2. The van der Waals surface area contributed by atoms with E-state index in [4.69, 9.17) is 0 Å². The lowest BCUT2D eigenvalue weighted by Gasteiger charge is -2.34. The zero-order chi connectivity index (χ0) is 32.5. The van der Waals surface area contributed by atoms with Gasteiger partial charge in [-0.15, -0.1) is 0 Å². The first-order valence-corrected chi connectivity index (χ1v) is 18.0. The number of nitrogens with zero attached hydrogens (tertiary/aromatic N) is 3. The van der Waals surface area contributed by atoms with Gasteiger partial charge in [-0.05, 0) is 56.6 Å². The van der Waals surface area contributed by atoms with E-state index >= 15 is 0 Å². The first-order chi connectivity index (χ1) is 23.7. The van der Waals surface area contributed by atoms with Crippen LogP contribution in [0.5, 0.6) is 0 Å². The molecule has 8 aromatic rings. The molecule has 0 bridgehead atoms. The molecular formula is C44H29N3Si. The summed E-state index contributed by atoms with van der Waals surface area (Å²) in [6.45, 7) is 0. The molecule has 0 saturated heterocycles. The molecule has 8 rings (SSSR count). The van der Waals surface area contributed by atoms with E-state index in [1.54, 1.807) is 0 Å². The Bertz CT molecular complexity index is 2430. The second-order valence-electron chi connectivity index (χ2n) is 11.9. The van der Waals surface area contributed by atoms with Gasteiger partial charge in [0.1, 0.15) is 6.07 Å². The van der Waals surface area contributed by atoms with Crippen molar-refractivity contribution >= 4 is 50.6 Å². The van der Waals surface area contributed by atoms with E-state index in [0.717, 1.165) is 38.6 Å². The predicted molar refractivity (Wildman–Crippen MR) is 199 cm³/mol. The molecule has 7 aromatic carbocycles. The number of hydrogen-bond acceptors (Lipinski definition) is 2. The molecule has 1 heterocycles. The minimum absolute atomic E-state index is 0.605. The summed E-state index contributed by atoms with van der Waals surface area (Å²) in [6, 6.07) is 66.4. The van der Waals surface area contributed by atoms with E-state index in [1.165, 1.54) is 20.7 Å². The van der Waals surface area contributed by atoms with E-state index in [2.05, 4.69) is 150 Å². The maximum absolute atomic E-state index is 10.9. The highest BCUT2D eigenvalue weighted by Crippen LogP contribution is 2.36. The van der Waals surface area contributed by atoms with Gasteiger partial charge in [0, 0.05) is 16.3 Å². The predicted octanol–water partition coefficient (Wildman–Crippen LogP) is 7.57. The van der Waals surface area contributed by atoms with Crippen LogP contribution in [0, 0.1) is 22.7 Å². The Labute approximate surface area is 280 Å². The molecule has 4 heteroatoms. The van der Waals surface area contributed by atoms with Crippen LogP contribution in [-0.4, -0.2) is 12.6 Å².